The molecule has 1 saturated heterocycles. The molecule has 102 valence electrons. The average Bonchev–Trinajstić information content (AvgIpc) is 2.71. The van der Waals surface area contributed by atoms with E-state index in [1.165, 1.54) is 0 Å². The van der Waals surface area contributed by atoms with Gasteiger partial charge in [-0.1, -0.05) is 5.16 Å². The van der Waals surface area contributed by atoms with Crippen molar-refractivity contribution < 1.29 is 4.52 Å². The van der Waals surface area contributed by atoms with Crippen LogP contribution in [0.1, 0.15) is 25.3 Å². The van der Waals surface area contributed by atoms with Crippen molar-refractivity contribution in [3.05, 3.63) is 17.5 Å². The van der Waals surface area contributed by atoms with Gasteiger partial charge in [-0.3, -0.25) is 9.80 Å². The minimum atomic E-state index is 0.228. The van der Waals surface area contributed by atoms with E-state index in [1.54, 1.807) is 0 Å². The molecule has 2 rings (SSSR count). The first-order valence-corrected chi connectivity index (χ1v) is 6.54. The Balaban J connectivity index is 1.93. The quantitative estimate of drug-likeness (QED) is 0.863. The summed E-state index contributed by atoms with van der Waals surface area (Å²) in [7, 11) is 4.11. The molecule has 0 saturated carbocycles. The lowest BCUT2D eigenvalue weighted by Gasteiger charge is -2.45. The molecule has 0 amide bonds. The molecule has 0 unspecified atom stereocenters. The van der Waals surface area contributed by atoms with Crippen LogP contribution in [-0.2, 0) is 13.1 Å². The van der Waals surface area contributed by atoms with Crippen LogP contribution in [0.4, 0.5) is 0 Å². The second-order valence-electron chi connectivity index (χ2n) is 5.76. The number of rotatable bonds is 4. The van der Waals surface area contributed by atoms with Gasteiger partial charge in [-0.25, -0.2) is 0 Å². The third-order valence-electron chi connectivity index (χ3n) is 3.74. The first-order valence-electron chi connectivity index (χ1n) is 6.54. The number of likely N-dealkylation sites (N-methyl/N-ethyl adjacent to an activating group) is 1. The van der Waals surface area contributed by atoms with E-state index >= 15 is 0 Å². The molecule has 1 aromatic rings. The Bertz CT molecular complexity index is 388. The zero-order chi connectivity index (χ0) is 13.2. The largest absolute Gasteiger partial charge is 0.360 e. The molecule has 0 aromatic carbocycles. The zero-order valence-corrected chi connectivity index (χ0v) is 11.9. The minimum Gasteiger partial charge on any atom is -0.360 e. The van der Waals surface area contributed by atoms with Gasteiger partial charge in [0.1, 0.15) is 0 Å². The molecule has 0 atom stereocenters. The highest BCUT2D eigenvalue weighted by Gasteiger charge is 2.31. The molecule has 18 heavy (non-hydrogen) atoms. The Morgan fingerprint density at radius 1 is 1.44 bits per heavy atom. The molecule has 5 nitrogen and oxygen atoms in total. The monoisotopic (exact) mass is 252 g/mol. The average molecular weight is 252 g/mol. The summed E-state index contributed by atoms with van der Waals surface area (Å²) in [4.78, 5) is 4.85. The van der Waals surface area contributed by atoms with Crippen molar-refractivity contribution in [2.24, 2.45) is 0 Å². The van der Waals surface area contributed by atoms with Crippen LogP contribution in [0.25, 0.3) is 0 Å². The molecule has 1 aromatic heterocycles. The number of nitrogens with one attached hydrogen (secondary N) is 1. The molecule has 1 aliphatic heterocycles. The highest BCUT2D eigenvalue weighted by molar-refractivity contribution is 5.05. The van der Waals surface area contributed by atoms with Gasteiger partial charge in [0.2, 0.25) is 0 Å². The van der Waals surface area contributed by atoms with E-state index in [1.807, 2.05) is 13.1 Å². The fourth-order valence-corrected chi connectivity index (χ4v) is 2.39. The molecule has 0 spiro atoms. The maximum Gasteiger partial charge on any atom is 0.151 e. The van der Waals surface area contributed by atoms with Gasteiger partial charge < -0.3 is 9.84 Å². The van der Waals surface area contributed by atoms with Crippen molar-refractivity contribution in [3.63, 3.8) is 0 Å². The molecule has 2 heterocycles. The third-order valence-corrected chi connectivity index (χ3v) is 3.74. The van der Waals surface area contributed by atoms with Crippen molar-refractivity contribution >= 4 is 0 Å². The maximum absolute atomic E-state index is 5.37. The van der Waals surface area contributed by atoms with Crippen LogP contribution in [0.15, 0.2) is 10.6 Å². The van der Waals surface area contributed by atoms with E-state index in [2.05, 4.69) is 41.2 Å². The van der Waals surface area contributed by atoms with Crippen LogP contribution >= 0.6 is 0 Å². The van der Waals surface area contributed by atoms with Gasteiger partial charge in [0, 0.05) is 37.8 Å². The molecular weight excluding hydrogens is 228 g/mol. The van der Waals surface area contributed by atoms with Gasteiger partial charge in [0.25, 0.3) is 0 Å². The Labute approximate surface area is 109 Å². The Hall–Kier alpha value is -0.910. The lowest BCUT2D eigenvalue weighted by Crippen LogP contribution is -2.57. The number of hydrogen-bond acceptors (Lipinski definition) is 5. The van der Waals surface area contributed by atoms with Crippen molar-refractivity contribution in [2.45, 2.75) is 32.5 Å². The number of piperazine rings is 1. The van der Waals surface area contributed by atoms with Crippen LogP contribution < -0.4 is 5.32 Å². The third kappa shape index (κ3) is 3.10. The van der Waals surface area contributed by atoms with Crippen molar-refractivity contribution in [3.8, 4) is 0 Å². The Kier molecular flexibility index (Phi) is 4.04. The summed E-state index contributed by atoms with van der Waals surface area (Å²) in [6, 6.07) is 2.04. The van der Waals surface area contributed by atoms with Crippen molar-refractivity contribution in [2.75, 3.05) is 33.7 Å². The summed E-state index contributed by atoms with van der Waals surface area (Å²) in [5.74, 6) is 0.959. The fraction of sp³-hybridized carbons (Fsp3) is 0.769. The minimum absolute atomic E-state index is 0.228. The normalized spacial score (nSPS) is 21.3. The van der Waals surface area contributed by atoms with Gasteiger partial charge in [-0.2, -0.15) is 0 Å². The molecular formula is C13H24N4O. The summed E-state index contributed by atoms with van der Waals surface area (Å²) >= 11 is 0. The number of aromatic nitrogens is 1. The SMILES string of the molecule is CNCc1cc(CN2CCN(C)C(C)(C)C2)on1. The van der Waals surface area contributed by atoms with Crippen LogP contribution in [0.3, 0.4) is 0 Å². The van der Waals surface area contributed by atoms with Gasteiger partial charge in [0.15, 0.2) is 5.76 Å². The summed E-state index contributed by atoms with van der Waals surface area (Å²) < 4.78 is 5.37. The lowest BCUT2D eigenvalue weighted by atomic mass is 10.00. The first-order chi connectivity index (χ1) is 8.51. The zero-order valence-electron chi connectivity index (χ0n) is 11.9. The summed E-state index contributed by atoms with van der Waals surface area (Å²) in [5, 5.41) is 7.13. The van der Waals surface area contributed by atoms with Crippen molar-refractivity contribution in [1.29, 1.82) is 0 Å². The van der Waals surface area contributed by atoms with E-state index in [0.717, 1.165) is 44.2 Å². The van der Waals surface area contributed by atoms with Crippen LogP contribution in [0, 0.1) is 0 Å². The lowest BCUT2D eigenvalue weighted by molar-refractivity contribution is 0.0319. The Morgan fingerprint density at radius 3 is 2.89 bits per heavy atom. The fourth-order valence-electron chi connectivity index (χ4n) is 2.39. The molecule has 0 radical (unpaired) electrons. The molecule has 1 fully saturated rings. The first kappa shape index (κ1) is 13.5. The smallest absolute Gasteiger partial charge is 0.151 e. The maximum atomic E-state index is 5.37. The molecule has 1 N–H and O–H groups in total. The standard InChI is InChI=1S/C13H24N4O/c1-13(2)10-17(6-5-16(13)4)9-12-7-11(8-14-3)15-18-12/h7,14H,5-6,8-10H2,1-4H3. The van der Waals surface area contributed by atoms with Crippen LogP contribution in [-0.4, -0.2) is 54.2 Å². The van der Waals surface area contributed by atoms with Crippen LogP contribution in [0.2, 0.25) is 0 Å². The van der Waals surface area contributed by atoms with E-state index in [9.17, 15) is 0 Å². The van der Waals surface area contributed by atoms with Gasteiger partial charge in [0.05, 0.1) is 12.2 Å². The van der Waals surface area contributed by atoms with E-state index in [0.29, 0.717) is 0 Å². The second-order valence-corrected chi connectivity index (χ2v) is 5.76. The van der Waals surface area contributed by atoms with Gasteiger partial charge in [-0.05, 0) is 27.9 Å². The molecule has 0 bridgehead atoms. The van der Waals surface area contributed by atoms with E-state index in [4.69, 9.17) is 4.52 Å². The molecule has 5 heteroatoms. The van der Waals surface area contributed by atoms with Gasteiger partial charge >= 0.3 is 0 Å². The van der Waals surface area contributed by atoms with Crippen molar-refractivity contribution in [1.82, 2.24) is 20.3 Å². The molecule has 1 aliphatic rings. The van der Waals surface area contributed by atoms with E-state index in [-0.39, 0.29) is 5.54 Å². The highest BCUT2D eigenvalue weighted by atomic mass is 16.5. The van der Waals surface area contributed by atoms with Crippen LogP contribution in [0.5, 0.6) is 0 Å². The summed E-state index contributed by atoms with van der Waals surface area (Å²) in [6.45, 7) is 9.43. The predicted octanol–water partition coefficient (Wildman–Crippen LogP) is 0.920. The van der Waals surface area contributed by atoms with Gasteiger partial charge in [-0.15, -0.1) is 0 Å². The number of nitrogens with zero attached hydrogens (tertiary/aromatic N) is 3. The topological polar surface area (TPSA) is 44.5 Å². The Morgan fingerprint density at radius 2 is 2.22 bits per heavy atom. The highest BCUT2D eigenvalue weighted by Crippen LogP contribution is 2.20. The summed E-state index contributed by atoms with van der Waals surface area (Å²) in [5.41, 5.74) is 1.20. The number of hydrogen-bond donors (Lipinski definition) is 1. The second kappa shape index (κ2) is 5.38. The van der Waals surface area contributed by atoms with E-state index < -0.39 is 0 Å². The molecule has 0 aliphatic carbocycles. The predicted molar refractivity (Wildman–Crippen MR) is 71.3 cm³/mol. The summed E-state index contributed by atoms with van der Waals surface area (Å²) in [6.07, 6.45) is 0.